The van der Waals surface area contributed by atoms with Gasteiger partial charge in [-0.2, -0.15) is 0 Å². The highest BCUT2D eigenvalue weighted by Crippen LogP contribution is 2.29. The number of methoxy groups -OCH3 is 1. The lowest BCUT2D eigenvalue weighted by atomic mass is 9.88. The van der Waals surface area contributed by atoms with Crippen LogP contribution < -0.4 is 4.74 Å². The first-order valence-electron chi connectivity index (χ1n) is 7.52. The summed E-state index contributed by atoms with van der Waals surface area (Å²) < 4.78 is 5.15. The Hall–Kier alpha value is -2.81. The van der Waals surface area contributed by atoms with Crippen molar-refractivity contribution in [3.8, 4) is 5.75 Å². The molecule has 0 bridgehead atoms. The topological polar surface area (TPSA) is 46.5 Å². The fourth-order valence-corrected chi connectivity index (χ4v) is 2.88. The van der Waals surface area contributed by atoms with Gasteiger partial charge < -0.3 is 9.84 Å². The van der Waals surface area contributed by atoms with Crippen molar-refractivity contribution < 1.29 is 14.6 Å². The number of carboxylic acids is 1. The average Bonchev–Trinajstić information content (AvgIpc) is 2.59. The minimum atomic E-state index is -0.808. The Morgan fingerprint density at radius 2 is 1.70 bits per heavy atom. The molecule has 3 heteroatoms. The second-order valence-corrected chi connectivity index (χ2v) is 5.51. The summed E-state index contributed by atoms with van der Waals surface area (Å²) in [6.45, 7) is 0. The first-order chi connectivity index (χ1) is 11.2. The SMILES string of the molecule is COc1ccc(CC(C(=O)O)c2cccc3ccccc23)cc1. The molecule has 3 aromatic carbocycles. The summed E-state index contributed by atoms with van der Waals surface area (Å²) in [4.78, 5) is 11.8. The van der Waals surface area contributed by atoms with Crippen LogP contribution in [-0.4, -0.2) is 18.2 Å². The molecule has 0 saturated carbocycles. The molecule has 0 radical (unpaired) electrons. The zero-order valence-electron chi connectivity index (χ0n) is 12.9. The van der Waals surface area contributed by atoms with Gasteiger partial charge in [0, 0.05) is 0 Å². The van der Waals surface area contributed by atoms with Gasteiger partial charge in [-0.15, -0.1) is 0 Å². The van der Waals surface area contributed by atoms with Crippen molar-refractivity contribution in [2.24, 2.45) is 0 Å². The van der Waals surface area contributed by atoms with E-state index in [1.807, 2.05) is 66.7 Å². The molecular formula is C20H18O3. The van der Waals surface area contributed by atoms with E-state index in [4.69, 9.17) is 4.74 Å². The average molecular weight is 306 g/mol. The van der Waals surface area contributed by atoms with Crippen LogP contribution in [0.4, 0.5) is 0 Å². The molecule has 3 rings (SSSR count). The second kappa shape index (κ2) is 6.53. The number of fused-ring (bicyclic) bond motifs is 1. The zero-order valence-corrected chi connectivity index (χ0v) is 12.9. The summed E-state index contributed by atoms with van der Waals surface area (Å²) in [5.41, 5.74) is 1.83. The van der Waals surface area contributed by atoms with E-state index in [9.17, 15) is 9.90 Å². The van der Waals surface area contributed by atoms with E-state index in [1.165, 1.54) is 0 Å². The first-order valence-corrected chi connectivity index (χ1v) is 7.52. The Morgan fingerprint density at radius 1 is 1.00 bits per heavy atom. The van der Waals surface area contributed by atoms with Crippen molar-refractivity contribution in [1.29, 1.82) is 0 Å². The number of rotatable bonds is 5. The van der Waals surface area contributed by atoms with Crippen LogP contribution in [0, 0.1) is 0 Å². The minimum absolute atomic E-state index is 0.452. The van der Waals surface area contributed by atoms with Gasteiger partial charge in [-0.25, -0.2) is 0 Å². The molecule has 0 saturated heterocycles. The number of hydrogen-bond donors (Lipinski definition) is 1. The first kappa shape index (κ1) is 15.1. The molecule has 0 aliphatic rings. The van der Waals surface area contributed by atoms with Crippen molar-refractivity contribution in [3.05, 3.63) is 77.9 Å². The van der Waals surface area contributed by atoms with Crippen LogP contribution in [0.5, 0.6) is 5.75 Å². The van der Waals surface area contributed by atoms with Crippen molar-refractivity contribution in [3.63, 3.8) is 0 Å². The van der Waals surface area contributed by atoms with Gasteiger partial charge in [-0.3, -0.25) is 4.79 Å². The van der Waals surface area contributed by atoms with Gasteiger partial charge in [0.15, 0.2) is 0 Å². The van der Waals surface area contributed by atoms with Crippen LogP contribution >= 0.6 is 0 Å². The number of aliphatic carboxylic acids is 1. The van der Waals surface area contributed by atoms with Crippen LogP contribution in [0.1, 0.15) is 17.0 Å². The molecule has 0 aliphatic carbocycles. The largest absolute Gasteiger partial charge is 0.497 e. The molecule has 0 fully saturated rings. The summed E-state index contributed by atoms with van der Waals surface area (Å²) in [7, 11) is 1.62. The number of ether oxygens (including phenoxy) is 1. The van der Waals surface area contributed by atoms with Gasteiger partial charge in [0.2, 0.25) is 0 Å². The predicted molar refractivity (Wildman–Crippen MR) is 91.0 cm³/mol. The number of carbonyl (C=O) groups is 1. The van der Waals surface area contributed by atoms with E-state index < -0.39 is 11.9 Å². The van der Waals surface area contributed by atoms with Gasteiger partial charge >= 0.3 is 5.97 Å². The van der Waals surface area contributed by atoms with Crippen molar-refractivity contribution in [2.75, 3.05) is 7.11 Å². The molecule has 0 aliphatic heterocycles. The quantitative estimate of drug-likeness (QED) is 0.766. The lowest BCUT2D eigenvalue weighted by Crippen LogP contribution is -2.15. The van der Waals surface area contributed by atoms with Gasteiger partial charge in [0.05, 0.1) is 13.0 Å². The van der Waals surface area contributed by atoms with Gasteiger partial charge in [-0.05, 0) is 40.5 Å². The number of carboxylic acid groups (broad SMARTS) is 1. The Labute approximate surface area is 135 Å². The summed E-state index contributed by atoms with van der Waals surface area (Å²) in [5, 5.41) is 11.8. The molecule has 0 spiro atoms. The lowest BCUT2D eigenvalue weighted by Gasteiger charge is -2.16. The molecule has 23 heavy (non-hydrogen) atoms. The standard InChI is InChI=1S/C20H18O3/c1-23-16-11-9-14(10-12-16)13-19(20(21)22)18-8-4-6-15-5-2-3-7-17(15)18/h2-12,19H,13H2,1H3,(H,21,22). The van der Waals surface area contributed by atoms with E-state index in [0.29, 0.717) is 6.42 Å². The highest BCUT2D eigenvalue weighted by atomic mass is 16.5. The fourth-order valence-electron chi connectivity index (χ4n) is 2.88. The molecule has 1 unspecified atom stereocenters. The summed E-state index contributed by atoms with van der Waals surface area (Å²) in [6.07, 6.45) is 0.452. The van der Waals surface area contributed by atoms with Crippen LogP contribution in [0.2, 0.25) is 0 Å². The highest BCUT2D eigenvalue weighted by Gasteiger charge is 2.22. The van der Waals surface area contributed by atoms with E-state index in [1.54, 1.807) is 7.11 Å². The maximum atomic E-state index is 11.8. The molecular weight excluding hydrogens is 288 g/mol. The Kier molecular flexibility index (Phi) is 4.29. The second-order valence-electron chi connectivity index (χ2n) is 5.51. The number of hydrogen-bond acceptors (Lipinski definition) is 2. The van der Waals surface area contributed by atoms with Gasteiger partial charge in [-0.1, -0.05) is 54.6 Å². The van der Waals surface area contributed by atoms with Crippen LogP contribution in [-0.2, 0) is 11.2 Å². The van der Waals surface area contributed by atoms with E-state index in [0.717, 1.165) is 27.6 Å². The van der Waals surface area contributed by atoms with E-state index in [2.05, 4.69) is 0 Å². The molecule has 0 aromatic heterocycles. The molecule has 3 aromatic rings. The van der Waals surface area contributed by atoms with E-state index >= 15 is 0 Å². The van der Waals surface area contributed by atoms with Gasteiger partial charge in [0.25, 0.3) is 0 Å². The normalized spacial score (nSPS) is 12.0. The Bertz CT molecular complexity index is 816. The van der Waals surface area contributed by atoms with Crippen LogP contribution in [0.15, 0.2) is 66.7 Å². The summed E-state index contributed by atoms with van der Waals surface area (Å²) in [5.74, 6) is -0.613. The Balaban J connectivity index is 1.99. The monoisotopic (exact) mass is 306 g/mol. The van der Waals surface area contributed by atoms with Crippen molar-refractivity contribution >= 4 is 16.7 Å². The smallest absolute Gasteiger partial charge is 0.311 e. The maximum absolute atomic E-state index is 11.8. The molecule has 1 N–H and O–H groups in total. The fraction of sp³-hybridized carbons (Fsp3) is 0.150. The molecule has 1 atom stereocenters. The Morgan fingerprint density at radius 3 is 2.39 bits per heavy atom. The lowest BCUT2D eigenvalue weighted by molar-refractivity contribution is -0.138. The summed E-state index contributed by atoms with van der Waals surface area (Å²) in [6, 6.07) is 21.3. The number of benzene rings is 3. The van der Waals surface area contributed by atoms with Crippen molar-refractivity contribution in [1.82, 2.24) is 0 Å². The third-order valence-corrected chi connectivity index (χ3v) is 4.10. The van der Waals surface area contributed by atoms with Crippen LogP contribution in [0.3, 0.4) is 0 Å². The molecule has 3 nitrogen and oxygen atoms in total. The van der Waals surface area contributed by atoms with E-state index in [-0.39, 0.29) is 0 Å². The van der Waals surface area contributed by atoms with Crippen LogP contribution in [0.25, 0.3) is 10.8 Å². The highest BCUT2D eigenvalue weighted by molar-refractivity contribution is 5.90. The molecule has 0 amide bonds. The maximum Gasteiger partial charge on any atom is 0.311 e. The minimum Gasteiger partial charge on any atom is -0.497 e. The third kappa shape index (κ3) is 3.19. The van der Waals surface area contributed by atoms with Crippen molar-refractivity contribution in [2.45, 2.75) is 12.3 Å². The zero-order chi connectivity index (χ0) is 16.2. The molecule has 116 valence electrons. The van der Waals surface area contributed by atoms with Gasteiger partial charge in [0.1, 0.15) is 5.75 Å². The summed E-state index contributed by atoms with van der Waals surface area (Å²) >= 11 is 0. The predicted octanol–water partition coefficient (Wildman–Crippen LogP) is 4.26. The molecule has 0 heterocycles. The third-order valence-electron chi connectivity index (χ3n) is 4.10.